The predicted octanol–water partition coefficient (Wildman–Crippen LogP) is 2.53. The van der Waals surface area contributed by atoms with Crippen LogP contribution in [0.5, 0.6) is 0 Å². The molecular weight excluding hydrogens is 336 g/mol. The van der Waals surface area contributed by atoms with Crippen molar-refractivity contribution in [3.63, 3.8) is 0 Å². The Bertz CT molecular complexity index is 697. The van der Waals surface area contributed by atoms with Crippen molar-refractivity contribution in [2.24, 2.45) is 11.3 Å². The molecule has 2 aliphatic rings. The van der Waals surface area contributed by atoms with Crippen LogP contribution in [-0.4, -0.2) is 38.3 Å². The number of benzene rings is 1. The number of carbonyl (C=O) groups excluding carboxylic acids is 1. The monoisotopic (exact) mass is 364 g/mol. The number of nitrogens with zero attached hydrogens (tertiary/aromatic N) is 1. The molecule has 0 bridgehead atoms. The van der Waals surface area contributed by atoms with Crippen LogP contribution in [0, 0.1) is 11.3 Å². The van der Waals surface area contributed by atoms with Gasteiger partial charge in [0, 0.05) is 26.6 Å². The van der Waals surface area contributed by atoms with Gasteiger partial charge < -0.3 is 5.32 Å². The second-order valence-corrected chi connectivity index (χ2v) is 9.56. The predicted molar refractivity (Wildman–Crippen MR) is 98.3 cm³/mol. The minimum atomic E-state index is -3.34. The lowest BCUT2D eigenvalue weighted by Gasteiger charge is -2.38. The van der Waals surface area contributed by atoms with Crippen LogP contribution in [0.4, 0.5) is 0 Å². The Hall–Kier alpha value is -1.40. The van der Waals surface area contributed by atoms with E-state index in [0.29, 0.717) is 19.6 Å². The van der Waals surface area contributed by atoms with Gasteiger partial charge in [-0.25, -0.2) is 12.7 Å². The summed E-state index contributed by atoms with van der Waals surface area (Å²) >= 11 is 0. The summed E-state index contributed by atoms with van der Waals surface area (Å²) in [7, 11) is -3.34. The highest BCUT2D eigenvalue weighted by atomic mass is 32.2. The van der Waals surface area contributed by atoms with Crippen LogP contribution in [0.15, 0.2) is 30.3 Å². The van der Waals surface area contributed by atoms with Crippen molar-refractivity contribution in [3.05, 3.63) is 35.9 Å². The minimum absolute atomic E-state index is 0.0322. The van der Waals surface area contributed by atoms with Crippen molar-refractivity contribution < 1.29 is 13.2 Å². The van der Waals surface area contributed by atoms with E-state index in [0.717, 1.165) is 31.2 Å². The highest BCUT2D eigenvalue weighted by molar-refractivity contribution is 7.88. The van der Waals surface area contributed by atoms with E-state index in [-0.39, 0.29) is 23.0 Å². The van der Waals surface area contributed by atoms with Gasteiger partial charge in [0.2, 0.25) is 15.9 Å². The fraction of sp³-hybridized carbons (Fsp3) is 0.632. The highest BCUT2D eigenvalue weighted by Crippen LogP contribution is 2.48. The standard InChI is InChI=1S/C19H28N2O3S/c1-16(22)20-12-18-13-21(15-19(18)10-6-3-7-11-19)25(23,24)14-17-8-4-2-5-9-17/h2,4-5,8-9,18H,3,6-7,10-15H2,1H3,(H,20,22). The number of amides is 1. The first kappa shape index (κ1) is 18.4. The van der Waals surface area contributed by atoms with Gasteiger partial charge in [0.25, 0.3) is 0 Å². The van der Waals surface area contributed by atoms with Crippen molar-refractivity contribution in [3.8, 4) is 0 Å². The summed E-state index contributed by atoms with van der Waals surface area (Å²) in [6.45, 7) is 3.22. The summed E-state index contributed by atoms with van der Waals surface area (Å²) in [5.74, 6) is 0.218. The summed E-state index contributed by atoms with van der Waals surface area (Å²) < 4.78 is 27.6. The lowest BCUT2D eigenvalue weighted by atomic mass is 9.68. The highest BCUT2D eigenvalue weighted by Gasteiger charge is 2.49. The van der Waals surface area contributed by atoms with Crippen molar-refractivity contribution in [1.82, 2.24) is 9.62 Å². The summed E-state index contributed by atoms with van der Waals surface area (Å²) in [5, 5.41) is 2.92. The molecule has 1 saturated heterocycles. The zero-order chi connectivity index (χ0) is 17.9. The van der Waals surface area contributed by atoms with E-state index in [2.05, 4.69) is 5.32 Å². The smallest absolute Gasteiger partial charge is 0.218 e. The van der Waals surface area contributed by atoms with Crippen LogP contribution >= 0.6 is 0 Å². The Morgan fingerprint density at radius 1 is 1.20 bits per heavy atom. The molecule has 1 unspecified atom stereocenters. The third-order valence-electron chi connectivity index (χ3n) is 5.81. The molecule has 1 heterocycles. The number of hydrogen-bond acceptors (Lipinski definition) is 3. The van der Waals surface area contributed by atoms with E-state index >= 15 is 0 Å². The fourth-order valence-electron chi connectivity index (χ4n) is 4.44. The Balaban J connectivity index is 1.77. The molecule has 1 atom stereocenters. The average Bonchev–Trinajstić information content (AvgIpc) is 2.93. The minimum Gasteiger partial charge on any atom is -0.356 e. The zero-order valence-electron chi connectivity index (χ0n) is 14.9. The topological polar surface area (TPSA) is 66.5 Å². The van der Waals surface area contributed by atoms with Crippen molar-refractivity contribution >= 4 is 15.9 Å². The number of rotatable bonds is 5. The van der Waals surface area contributed by atoms with E-state index in [9.17, 15) is 13.2 Å². The van der Waals surface area contributed by atoms with Crippen molar-refractivity contribution in [2.75, 3.05) is 19.6 Å². The van der Waals surface area contributed by atoms with Gasteiger partial charge in [-0.05, 0) is 29.7 Å². The van der Waals surface area contributed by atoms with E-state index in [1.165, 1.54) is 13.3 Å². The summed E-state index contributed by atoms with van der Waals surface area (Å²) in [5.41, 5.74) is 0.857. The van der Waals surface area contributed by atoms with Gasteiger partial charge >= 0.3 is 0 Å². The van der Waals surface area contributed by atoms with Crippen LogP contribution in [0.2, 0.25) is 0 Å². The molecule has 1 aliphatic heterocycles. The number of sulfonamides is 1. The van der Waals surface area contributed by atoms with Crippen LogP contribution in [0.1, 0.15) is 44.6 Å². The maximum Gasteiger partial charge on any atom is 0.218 e. The van der Waals surface area contributed by atoms with Crippen LogP contribution < -0.4 is 5.32 Å². The second-order valence-electron chi connectivity index (χ2n) is 7.59. The first-order valence-electron chi connectivity index (χ1n) is 9.17. The van der Waals surface area contributed by atoms with E-state index in [4.69, 9.17) is 0 Å². The molecule has 25 heavy (non-hydrogen) atoms. The Morgan fingerprint density at radius 3 is 2.52 bits per heavy atom. The van der Waals surface area contributed by atoms with Crippen LogP contribution in [0.25, 0.3) is 0 Å². The summed E-state index contributed by atoms with van der Waals surface area (Å²) in [4.78, 5) is 11.3. The molecule has 0 aromatic heterocycles. The first-order valence-corrected chi connectivity index (χ1v) is 10.8. The maximum atomic E-state index is 13.0. The van der Waals surface area contributed by atoms with E-state index in [1.807, 2.05) is 30.3 Å². The quantitative estimate of drug-likeness (QED) is 0.873. The third kappa shape index (κ3) is 4.23. The third-order valence-corrected chi connectivity index (χ3v) is 7.58. The number of hydrogen-bond donors (Lipinski definition) is 1. The number of carbonyl (C=O) groups is 1. The number of nitrogens with one attached hydrogen (secondary N) is 1. The largest absolute Gasteiger partial charge is 0.356 e. The van der Waals surface area contributed by atoms with Gasteiger partial charge in [-0.2, -0.15) is 0 Å². The van der Waals surface area contributed by atoms with Gasteiger partial charge in [0.1, 0.15) is 0 Å². The first-order chi connectivity index (χ1) is 11.9. The van der Waals surface area contributed by atoms with Crippen molar-refractivity contribution in [2.45, 2.75) is 44.8 Å². The molecule has 6 heteroatoms. The summed E-state index contributed by atoms with van der Waals surface area (Å²) in [6, 6.07) is 9.36. The Morgan fingerprint density at radius 2 is 1.88 bits per heavy atom. The van der Waals surface area contributed by atoms with Crippen molar-refractivity contribution in [1.29, 1.82) is 0 Å². The molecule has 1 aromatic carbocycles. The molecule has 1 spiro atoms. The Labute approximate surface area is 150 Å². The van der Waals surface area contributed by atoms with E-state index in [1.54, 1.807) is 4.31 Å². The zero-order valence-corrected chi connectivity index (χ0v) is 15.7. The Kier molecular flexibility index (Phi) is 5.49. The lowest BCUT2D eigenvalue weighted by molar-refractivity contribution is -0.119. The van der Waals surface area contributed by atoms with Crippen LogP contribution in [-0.2, 0) is 20.6 Å². The normalized spacial score (nSPS) is 23.6. The molecule has 1 saturated carbocycles. The van der Waals surface area contributed by atoms with Crippen LogP contribution in [0.3, 0.4) is 0 Å². The molecule has 0 radical (unpaired) electrons. The molecule has 138 valence electrons. The molecule has 5 nitrogen and oxygen atoms in total. The lowest BCUT2D eigenvalue weighted by Crippen LogP contribution is -2.39. The van der Waals surface area contributed by atoms with E-state index < -0.39 is 10.0 Å². The molecule has 2 fully saturated rings. The van der Waals surface area contributed by atoms with Gasteiger partial charge in [0.05, 0.1) is 5.75 Å². The molecule has 1 amide bonds. The maximum absolute atomic E-state index is 13.0. The molecular formula is C19H28N2O3S. The van der Waals surface area contributed by atoms with Gasteiger partial charge in [0.15, 0.2) is 0 Å². The SMILES string of the molecule is CC(=O)NCC1CN(S(=O)(=O)Cc2ccccc2)CC12CCCCC2. The molecule has 1 aliphatic carbocycles. The average molecular weight is 365 g/mol. The second kappa shape index (κ2) is 7.46. The molecule has 3 rings (SSSR count). The summed E-state index contributed by atoms with van der Waals surface area (Å²) in [6.07, 6.45) is 5.67. The van der Waals surface area contributed by atoms with Gasteiger partial charge in [-0.15, -0.1) is 0 Å². The van der Waals surface area contributed by atoms with Gasteiger partial charge in [-0.1, -0.05) is 49.6 Å². The molecule has 1 N–H and O–H groups in total. The van der Waals surface area contributed by atoms with Gasteiger partial charge in [-0.3, -0.25) is 4.79 Å². The fourth-order valence-corrected chi connectivity index (χ4v) is 6.10. The molecule has 1 aromatic rings.